The molecule has 5 rings (SSSR count). The molecule has 0 heterocycles. The zero-order chi connectivity index (χ0) is 22.6. The molecule has 0 spiro atoms. The van der Waals surface area contributed by atoms with Crippen LogP contribution in [0.3, 0.4) is 0 Å². The van der Waals surface area contributed by atoms with Gasteiger partial charge in [0.05, 0.1) is 0 Å². The molecule has 0 aromatic heterocycles. The van der Waals surface area contributed by atoms with Crippen LogP contribution in [0, 0.1) is 13.8 Å². The van der Waals surface area contributed by atoms with Crippen molar-refractivity contribution < 1.29 is 0 Å². The highest BCUT2D eigenvalue weighted by atomic mass is 79.9. The van der Waals surface area contributed by atoms with Gasteiger partial charge in [0.25, 0.3) is 0 Å². The van der Waals surface area contributed by atoms with Crippen LogP contribution < -0.4 is 0 Å². The van der Waals surface area contributed by atoms with E-state index in [1.54, 1.807) is 0 Å². The number of hydrogen-bond acceptors (Lipinski definition) is 0. The average molecular weight is 682 g/mol. The Morgan fingerprint density at radius 3 is 1.16 bits per heavy atom. The van der Waals surface area contributed by atoms with Crippen LogP contribution in [0.4, 0.5) is 0 Å². The van der Waals surface area contributed by atoms with Crippen LogP contribution in [0.2, 0.25) is 0 Å². The summed E-state index contributed by atoms with van der Waals surface area (Å²) >= 11 is 15.8. The molecular formula is C28H26Br4. The van der Waals surface area contributed by atoms with E-state index in [-0.39, 0.29) is 0 Å². The summed E-state index contributed by atoms with van der Waals surface area (Å²) in [5, 5.41) is 0. The van der Waals surface area contributed by atoms with Crippen molar-refractivity contribution in [1.82, 2.24) is 0 Å². The molecule has 0 nitrogen and oxygen atoms in total. The minimum absolute atomic E-state index is 1.19. The van der Waals surface area contributed by atoms with Gasteiger partial charge in [-0.3, -0.25) is 0 Å². The molecule has 2 aliphatic carbocycles. The largest absolute Gasteiger partial charge is 0.0501 e. The smallest absolute Gasteiger partial charge is 0.0293 e. The fraction of sp³-hybridized carbons (Fsp3) is 0.357. The van der Waals surface area contributed by atoms with E-state index in [0.29, 0.717) is 0 Å². The highest BCUT2D eigenvalue weighted by Gasteiger charge is 2.24. The average Bonchev–Trinajstić information content (AvgIpc) is 2.78. The number of fused-ring (bicyclic) bond motifs is 2. The van der Waals surface area contributed by atoms with Crippen molar-refractivity contribution >= 4 is 63.7 Å². The van der Waals surface area contributed by atoms with Crippen molar-refractivity contribution in [3.8, 4) is 22.3 Å². The topological polar surface area (TPSA) is 0 Å². The molecule has 0 unspecified atom stereocenters. The Bertz CT molecular complexity index is 1110. The summed E-state index contributed by atoms with van der Waals surface area (Å²) in [6, 6.07) is 9.55. The zero-order valence-corrected chi connectivity index (χ0v) is 24.8. The second-order valence-electron chi connectivity index (χ2n) is 9.24. The van der Waals surface area contributed by atoms with Gasteiger partial charge in [0, 0.05) is 29.0 Å². The molecule has 0 N–H and O–H groups in total. The van der Waals surface area contributed by atoms with Crippen molar-refractivity contribution in [2.24, 2.45) is 0 Å². The Labute approximate surface area is 225 Å². The fourth-order valence-corrected chi connectivity index (χ4v) is 8.06. The number of halogens is 4. The highest BCUT2D eigenvalue weighted by molar-refractivity contribution is 9.11. The lowest BCUT2D eigenvalue weighted by Crippen LogP contribution is -2.05. The molecule has 3 aromatic carbocycles. The van der Waals surface area contributed by atoms with Gasteiger partial charge in [-0.1, -0.05) is 31.9 Å². The third-order valence-corrected chi connectivity index (χ3v) is 10.5. The summed E-state index contributed by atoms with van der Waals surface area (Å²) in [5.74, 6) is 0. The van der Waals surface area contributed by atoms with E-state index in [2.05, 4.69) is 102 Å². The predicted molar refractivity (Wildman–Crippen MR) is 151 cm³/mol. The van der Waals surface area contributed by atoms with Crippen molar-refractivity contribution in [2.45, 2.75) is 65.2 Å². The van der Waals surface area contributed by atoms with Gasteiger partial charge < -0.3 is 0 Å². The van der Waals surface area contributed by atoms with Crippen LogP contribution in [-0.2, 0) is 25.7 Å². The Morgan fingerprint density at radius 1 is 0.500 bits per heavy atom. The van der Waals surface area contributed by atoms with E-state index in [1.165, 1.54) is 125 Å². The molecule has 0 saturated carbocycles. The van der Waals surface area contributed by atoms with Crippen LogP contribution in [0.5, 0.6) is 0 Å². The van der Waals surface area contributed by atoms with Crippen LogP contribution in [-0.4, -0.2) is 0 Å². The van der Waals surface area contributed by atoms with Gasteiger partial charge >= 0.3 is 0 Å². The summed E-state index contributed by atoms with van der Waals surface area (Å²) in [6.45, 7) is 4.48. The number of benzene rings is 3. The number of aryl methyl sites for hydroxylation is 4. The number of hydrogen-bond donors (Lipinski definition) is 0. The maximum absolute atomic E-state index is 4.02. The Morgan fingerprint density at radius 2 is 0.812 bits per heavy atom. The summed E-state index contributed by atoms with van der Waals surface area (Å²) in [4.78, 5) is 0. The Kier molecular flexibility index (Phi) is 6.79. The lowest BCUT2D eigenvalue weighted by molar-refractivity contribution is 0.685. The van der Waals surface area contributed by atoms with Gasteiger partial charge in [0.1, 0.15) is 0 Å². The molecule has 0 fully saturated rings. The SMILES string of the molecule is Cc1c(Br)c(-c2cc3c(cc2Br)CCCC3)c(C)c(Br)c1-c1cc2c(cc1Br)CCCC2. The minimum Gasteiger partial charge on any atom is -0.0501 e. The monoisotopic (exact) mass is 678 g/mol. The molecule has 2 aliphatic rings. The second kappa shape index (κ2) is 9.32. The summed E-state index contributed by atoms with van der Waals surface area (Å²) in [5.41, 5.74) is 13.7. The predicted octanol–water partition coefficient (Wildman–Crippen LogP) is 10.4. The van der Waals surface area contributed by atoms with Crippen molar-refractivity contribution in [3.63, 3.8) is 0 Å². The standard InChI is InChI=1S/C28H26Br4/c1-15-25(21-11-17-7-3-5-9-19(17)13-23(21)29)28(32)16(2)26(27(15)31)22-12-18-8-4-6-10-20(18)14-24(22)30/h11-14H,3-10H2,1-2H3. The lowest BCUT2D eigenvalue weighted by atomic mass is 9.85. The Balaban J connectivity index is 1.71. The van der Waals surface area contributed by atoms with Crippen molar-refractivity contribution in [1.29, 1.82) is 0 Å². The minimum atomic E-state index is 1.19. The first-order valence-corrected chi connectivity index (χ1v) is 14.7. The summed E-state index contributed by atoms with van der Waals surface area (Å²) < 4.78 is 4.76. The van der Waals surface area contributed by atoms with Crippen molar-refractivity contribution in [3.05, 3.63) is 75.5 Å². The van der Waals surface area contributed by atoms with Crippen molar-refractivity contribution in [2.75, 3.05) is 0 Å². The molecule has 0 atom stereocenters. The first-order valence-electron chi connectivity index (χ1n) is 11.5. The van der Waals surface area contributed by atoms with Gasteiger partial charge in [0.2, 0.25) is 0 Å². The highest BCUT2D eigenvalue weighted by Crippen LogP contribution is 2.49. The van der Waals surface area contributed by atoms with E-state index in [0.717, 1.165) is 0 Å². The Hall–Kier alpha value is -0.420. The van der Waals surface area contributed by atoms with Gasteiger partial charge in [0.15, 0.2) is 0 Å². The lowest BCUT2D eigenvalue weighted by Gasteiger charge is -2.24. The molecular weight excluding hydrogens is 656 g/mol. The van der Waals surface area contributed by atoms with Crippen LogP contribution >= 0.6 is 63.7 Å². The molecule has 0 radical (unpaired) electrons. The third kappa shape index (κ3) is 4.01. The summed E-state index contributed by atoms with van der Waals surface area (Å²) in [6.07, 6.45) is 9.96. The van der Waals surface area contributed by atoms with E-state index in [9.17, 15) is 0 Å². The van der Waals surface area contributed by atoms with Crippen LogP contribution in [0.25, 0.3) is 22.3 Å². The van der Waals surface area contributed by atoms with Crippen LogP contribution in [0.1, 0.15) is 59.1 Å². The molecule has 0 aliphatic heterocycles. The third-order valence-electron chi connectivity index (χ3n) is 7.25. The van der Waals surface area contributed by atoms with Gasteiger partial charge in [-0.15, -0.1) is 0 Å². The van der Waals surface area contributed by atoms with E-state index in [1.807, 2.05) is 0 Å². The molecule has 4 heteroatoms. The molecule has 0 saturated heterocycles. The van der Waals surface area contributed by atoms with Gasteiger partial charge in [-0.2, -0.15) is 0 Å². The zero-order valence-electron chi connectivity index (χ0n) is 18.5. The van der Waals surface area contributed by atoms with E-state index >= 15 is 0 Å². The fourth-order valence-electron chi connectivity index (χ4n) is 5.46. The van der Waals surface area contributed by atoms with E-state index < -0.39 is 0 Å². The summed E-state index contributed by atoms with van der Waals surface area (Å²) in [7, 11) is 0. The molecule has 166 valence electrons. The second-order valence-corrected chi connectivity index (χ2v) is 12.5. The maximum atomic E-state index is 4.02. The van der Waals surface area contributed by atoms with Gasteiger partial charge in [-0.05, 0) is 166 Å². The van der Waals surface area contributed by atoms with E-state index in [4.69, 9.17) is 0 Å². The van der Waals surface area contributed by atoms with Gasteiger partial charge in [-0.25, -0.2) is 0 Å². The quantitative estimate of drug-likeness (QED) is 0.253. The number of rotatable bonds is 2. The molecule has 3 aromatic rings. The molecule has 32 heavy (non-hydrogen) atoms. The molecule has 0 bridgehead atoms. The first-order chi connectivity index (χ1) is 15.4. The van der Waals surface area contributed by atoms with Crippen LogP contribution in [0.15, 0.2) is 42.2 Å². The maximum Gasteiger partial charge on any atom is 0.0293 e. The first kappa shape index (κ1) is 23.3. The molecule has 0 amide bonds. The normalized spacial score (nSPS) is 15.4.